The molecule has 2 heterocycles. The number of halogens is 1. The monoisotopic (exact) mass is 303 g/mol. The van der Waals surface area contributed by atoms with Crippen LogP contribution in [0.5, 0.6) is 0 Å². The number of imidazole rings is 1. The molecule has 2 aromatic heterocycles. The number of hydrogen-bond acceptors (Lipinski definition) is 2. The molecule has 0 atom stereocenters. The van der Waals surface area contributed by atoms with Gasteiger partial charge in [0.2, 0.25) is 0 Å². The van der Waals surface area contributed by atoms with Crippen molar-refractivity contribution in [2.24, 2.45) is 0 Å². The maximum atomic E-state index is 12.4. The van der Waals surface area contributed by atoms with E-state index < -0.39 is 0 Å². The van der Waals surface area contributed by atoms with Crippen molar-refractivity contribution in [3.05, 3.63) is 39.4 Å². The molecule has 0 saturated heterocycles. The number of hydrogen-bond donors (Lipinski definition) is 0. The van der Waals surface area contributed by atoms with Crippen LogP contribution in [0.15, 0.2) is 23.0 Å². The number of aromatic nitrogens is 3. The molecule has 5 heteroatoms. The van der Waals surface area contributed by atoms with E-state index in [2.05, 4.69) is 11.9 Å². The molecular formula is C16H18ClN3O. The van der Waals surface area contributed by atoms with Crippen molar-refractivity contribution in [2.75, 3.05) is 0 Å². The predicted octanol–water partition coefficient (Wildman–Crippen LogP) is 3.61. The van der Waals surface area contributed by atoms with Crippen LogP contribution in [0.2, 0.25) is 5.02 Å². The van der Waals surface area contributed by atoms with Gasteiger partial charge in [0.15, 0.2) is 0 Å². The molecule has 0 aliphatic carbocycles. The molecule has 3 rings (SSSR count). The third-order valence-electron chi connectivity index (χ3n) is 3.95. The minimum atomic E-state index is 0.0251. The number of benzene rings is 1. The van der Waals surface area contributed by atoms with E-state index in [0.717, 1.165) is 34.1 Å². The van der Waals surface area contributed by atoms with E-state index in [-0.39, 0.29) is 5.69 Å². The second-order valence-electron chi connectivity index (χ2n) is 5.08. The van der Waals surface area contributed by atoms with Gasteiger partial charge in [-0.05, 0) is 38.5 Å². The highest BCUT2D eigenvalue weighted by molar-refractivity contribution is 6.35. The Morgan fingerprint density at radius 2 is 1.67 bits per heavy atom. The standard InChI is InChI=1S/C16H18ClN3O/c1-4-10-7-12(17)11-8-14-15(9-13(11)18-10)20(6-3)16(21)19(14)5-2/h7-9H,4-6H2,1-3H3. The summed E-state index contributed by atoms with van der Waals surface area (Å²) in [6, 6.07) is 5.87. The lowest BCUT2D eigenvalue weighted by Gasteiger charge is -2.06. The topological polar surface area (TPSA) is 39.8 Å². The molecule has 0 aliphatic rings. The van der Waals surface area contributed by atoms with Crippen LogP contribution in [-0.4, -0.2) is 14.1 Å². The Morgan fingerprint density at radius 1 is 1.05 bits per heavy atom. The van der Waals surface area contributed by atoms with Crippen molar-refractivity contribution in [3.8, 4) is 0 Å². The van der Waals surface area contributed by atoms with Crippen molar-refractivity contribution in [3.63, 3.8) is 0 Å². The van der Waals surface area contributed by atoms with Crippen molar-refractivity contribution in [1.82, 2.24) is 14.1 Å². The lowest BCUT2D eigenvalue weighted by Crippen LogP contribution is -2.22. The first-order chi connectivity index (χ1) is 10.1. The second-order valence-corrected chi connectivity index (χ2v) is 5.49. The molecule has 3 aromatic rings. The van der Waals surface area contributed by atoms with Crippen LogP contribution in [0, 0.1) is 0 Å². The first-order valence-corrected chi connectivity index (χ1v) is 7.70. The first-order valence-electron chi connectivity index (χ1n) is 7.32. The van der Waals surface area contributed by atoms with E-state index in [0.29, 0.717) is 18.1 Å². The number of fused-ring (bicyclic) bond motifs is 2. The molecule has 0 aliphatic heterocycles. The smallest absolute Gasteiger partial charge is 0.292 e. The Balaban J connectivity index is 2.49. The van der Waals surface area contributed by atoms with Gasteiger partial charge in [-0.15, -0.1) is 0 Å². The zero-order valence-electron chi connectivity index (χ0n) is 12.5. The number of rotatable bonds is 3. The number of pyridine rings is 1. The largest absolute Gasteiger partial charge is 0.329 e. The molecule has 4 nitrogen and oxygen atoms in total. The van der Waals surface area contributed by atoms with Crippen LogP contribution in [0.3, 0.4) is 0 Å². The molecule has 0 amide bonds. The fourth-order valence-corrected chi connectivity index (χ4v) is 3.11. The minimum Gasteiger partial charge on any atom is -0.292 e. The third-order valence-corrected chi connectivity index (χ3v) is 4.26. The maximum Gasteiger partial charge on any atom is 0.329 e. The highest BCUT2D eigenvalue weighted by Crippen LogP contribution is 2.28. The molecule has 0 spiro atoms. The van der Waals surface area contributed by atoms with E-state index in [4.69, 9.17) is 11.6 Å². The van der Waals surface area contributed by atoms with Gasteiger partial charge < -0.3 is 0 Å². The van der Waals surface area contributed by atoms with Crippen LogP contribution in [0.1, 0.15) is 26.5 Å². The molecule has 0 N–H and O–H groups in total. The van der Waals surface area contributed by atoms with Crippen LogP contribution < -0.4 is 5.69 Å². The molecule has 21 heavy (non-hydrogen) atoms. The lowest BCUT2D eigenvalue weighted by atomic mass is 10.1. The predicted molar refractivity (Wildman–Crippen MR) is 87.2 cm³/mol. The normalized spacial score (nSPS) is 11.6. The first kappa shape index (κ1) is 14.1. The van der Waals surface area contributed by atoms with Gasteiger partial charge in [0.1, 0.15) is 0 Å². The fraction of sp³-hybridized carbons (Fsp3) is 0.375. The maximum absolute atomic E-state index is 12.4. The Hall–Kier alpha value is -1.81. The van der Waals surface area contributed by atoms with Gasteiger partial charge in [-0.25, -0.2) is 4.79 Å². The van der Waals surface area contributed by atoms with E-state index in [1.165, 1.54) is 0 Å². The SMILES string of the molecule is CCc1cc(Cl)c2cc3c(cc2n1)n(CC)c(=O)n3CC. The highest BCUT2D eigenvalue weighted by atomic mass is 35.5. The summed E-state index contributed by atoms with van der Waals surface area (Å²) in [7, 11) is 0. The van der Waals surface area contributed by atoms with E-state index in [9.17, 15) is 4.79 Å². The Kier molecular flexibility index (Phi) is 3.49. The van der Waals surface area contributed by atoms with Crippen molar-refractivity contribution >= 4 is 33.5 Å². The number of nitrogens with zero attached hydrogens (tertiary/aromatic N) is 3. The summed E-state index contributed by atoms with van der Waals surface area (Å²) in [5.74, 6) is 0. The average Bonchev–Trinajstić information content (AvgIpc) is 2.75. The zero-order chi connectivity index (χ0) is 15.1. The molecule has 1 aromatic carbocycles. The third kappa shape index (κ3) is 2.05. The van der Waals surface area contributed by atoms with Gasteiger partial charge in [-0.1, -0.05) is 18.5 Å². The number of aryl methyl sites for hydroxylation is 3. The minimum absolute atomic E-state index is 0.0251. The summed E-state index contributed by atoms with van der Waals surface area (Å²) >= 11 is 6.38. The molecular weight excluding hydrogens is 286 g/mol. The Bertz CT molecular complexity index is 892. The van der Waals surface area contributed by atoms with Gasteiger partial charge >= 0.3 is 5.69 Å². The van der Waals surface area contributed by atoms with Crippen LogP contribution in [0.25, 0.3) is 21.9 Å². The Labute approximate surface area is 128 Å². The summed E-state index contributed by atoms with van der Waals surface area (Å²) in [4.78, 5) is 17.0. The zero-order valence-corrected chi connectivity index (χ0v) is 13.2. The summed E-state index contributed by atoms with van der Waals surface area (Å²) in [6.45, 7) is 7.30. The quantitative estimate of drug-likeness (QED) is 0.741. The van der Waals surface area contributed by atoms with E-state index in [1.54, 1.807) is 9.13 Å². The van der Waals surface area contributed by atoms with Crippen LogP contribution in [0.4, 0.5) is 0 Å². The van der Waals surface area contributed by atoms with Gasteiger partial charge in [0.05, 0.1) is 21.6 Å². The van der Waals surface area contributed by atoms with Crippen molar-refractivity contribution < 1.29 is 0 Å². The van der Waals surface area contributed by atoms with Crippen LogP contribution in [-0.2, 0) is 19.5 Å². The van der Waals surface area contributed by atoms with Gasteiger partial charge in [0, 0.05) is 24.2 Å². The molecule has 0 radical (unpaired) electrons. The fourth-order valence-electron chi connectivity index (χ4n) is 2.84. The van der Waals surface area contributed by atoms with Gasteiger partial charge in [-0.2, -0.15) is 0 Å². The van der Waals surface area contributed by atoms with Gasteiger partial charge in [0.25, 0.3) is 0 Å². The van der Waals surface area contributed by atoms with Crippen molar-refractivity contribution in [2.45, 2.75) is 40.3 Å². The highest BCUT2D eigenvalue weighted by Gasteiger charge is 2.14. The summed E-state index contributed by atoms with van der Waals surface area (Å²) in [6.07, 6.45) is 0.838. The van der Waals surface area contributed by atoms with E-state index in [1.807, 2.05) is 32.0 Å². The second kappa shape index (κ2) is 5.19. The van der Waals surface area contributed by atoms with E-state index >= 15 is 0 Å². The summed E-state index contributed by atoms with van der Waals surface area (Å²) in [5.41, 5.74) is 3.69. The Morgan fingerprint density at radius 3 is 2.24 bits per heavy atom. The summed E-state index contributed by atoms with van der Waals surface area (Å²) in [5, 5.41) is 1.59. The van der Waals surface area contributed by atoms with Gasteiger partial charge in [-0.3, -0.25) is 14.1 Å². The molecule has 110 valence electrons. The molecule has 0 unspecified atom stereocenters. The molecule has 0 bridgehead atoms. The lowest BCUT2D eigenvalue weighted by molar-refractivity contribution is 0.671. The molecule has 0 saturated carbocycles. The van der Waals surface area contributed by atoms with Crippen molar-refractivity contribution in [1.29, 1.82) is 0 Å². The molecule has 0 fully saturated rings. The van der Waals surface area contributed by atoms with Crippen LogP contribution >= 0.6 is 11.6 Å². The summed E-state index contributed by atoms with van der Waals surface area (Å²) < 4.78 is 3.56. The average molecular weight is 304 g/mol.